The minimum absolute atomic E-state index is 0.656. The van der Waals surface area contributed by atoms with E-state index in [9.17, 15) is 0 Å². The van der Waals surface area contributed by atoms with E-state index in [1.807, 2.05) is 42.5 Å². The minimum Gasteiger partial charge on any atom is -0.370 e. The van der Waals surface area contributed by atoms with Gasteiger partial charge in [-0.1, -0.05) is 43.3 Å². The zero-order chi connectivity index (χ0) is 15.9. The molecule has 1 heterocycles. The van der Waals surface area contributed by atoms with Crippen molar-refractivity contribution in [1.29, 1.82) is 0 Å². The van der Waals surface area contributed by atoms with Crippen LogP contribution in [0.1, 0.15) is 13.3 Å². The number of aromatic nitrogens is 2. The van der Waals surface area contributed by atoms with E-state index in [2.05, 4.69) is 51.4 Å². The van der Waals surface area contributed by atoms with Crippen LogP contribution in [-0.2, 0) is 0 Å². The summed E-state index contributed by atoms with van der Waals surface area (Å²) in [4.78, 5) is 11.2. The maximum atomic E-state index is 4.67. The molecule has 3 aromatic rings. The van der Waals surface area contributed by atoms with E-state index < -0.39 is 0 Å². The van der Waals surface area contributed by atoms with Gasteiger partial charge in [-0.05, 0) is 36.8 Å². The van der Waals surface area contributed by atoms with Gasteiger partial charge < -0.3 is 5.32 Å². The van der Waals surface area contributed by atoms with Crippen molar-refractivity contribution >= 4 is 23.1 Å². The molecular weight excluding hydrogens is 284 g/mol. The van der Waals surface area contributed by atoms with E-state index in [0.717, 1.165) is 30.2 Å². The Labute approximate surface area is 136 Å². The van der Waals surface area contributed by atoms with E-state index >= 15 is 0 Å². The predicted molar refractivity (Wildman–Crippen MR) is 95.5 cm³/mol. The van der Waals surface area contributed by atoms with Gasteiger partial charge in [0.1, 0.15) is 5.82 Å². The summed E-state index contributed by atoms with van der Waals surface area (Å²) in [6, 6.07) is 22.2. The SMILES string of the molecule is CCCNc1ccnc(N(c2ccccc2)c2ccccc2)n1. The highest BCUT2D eigenvalue weighted by Gasteiger charge is 2.14. The second-order valence-electron chi connectivity index (χ2n) is 5.18. The first-order chi connectivity index (χ1) is 11.4. The second-order valence-corrected chi connectivity index (χ2v) is 5.18. The third-order valence-electron chi connectivity index (χ3n) is 3.43. The normalized spacial score (nSPS) is 10.3. The lowest BCUT2D eigenvalue weighted by Gasteiger charge is -2.23. The molecule has 0 saturated heterocycles. The van der Waals surface area contributed by atoms with E-state index in [1.165, 1.54) is 0 Å². The zero-order valence-corrected chi connectivity index (χ0v) is 13.2. The minimum atomic E-state index is 0.656. The zero-order valence-electron chi connectivity index (χ0n) is 13.2. The molecule has 0 aliphatic rings. The fourth-order valence-electron chi connectivity index (χ4n) is 2.34. The lowest BCUT2D eigenvalue weighted by Crippen LogP contribution is -2.14. The summed E-state index contributed by atoms with van der Waals surface area (Å²) in [5.41, 5.74) is 2.07. The summed E-state index contributed by atoms with van der Waals surface area (Å²) in [5.74, 6) is 1.50. The van der Waals surface area contributed by atoms with Crippen LogP contribution in [0.4, 0.5) is 23.1 Å². The topological polar surface area (TPSA) is 41.1 Å². The van der Waals surface area contributed by atoms with E-state index in [1.54, 1.807) is 6.20 Å². The number of nitrogens with zero attached hydrogens (tertiary/aromatic N) is 3. The Morgan fingerprint density at radius 3 is 2.04 bits per heavy atom. The molecule has 0 atom stereocenters. The number of hydrogen-bond acceptors (Lipinski definition) is 4. The Kier molecular flexibility index (Phi) is 4.84. The van der Waals surface area contributed by atoms with Crippen molar-refractivity contribution in [1.82, 2.24) is 9.97 Å². The summed E-state index contributed by atoms with van der Waals surface area (Å²) in [6.45, 7) is 3.03. The molecule has 4 heteroatoms. The maximum absolute atomic E-state index is 4.67. The first kappa shape index (κ1) is 15.0. The Balaban J connectivity index is 2.02. The molecule has 0 saturated carbocycles. The maximum Gasteiger partial charge on any atom is 0.236 e. The third kappa shape index (κ3) is 3.66. The van der Waals surface area contributed by atoms with E-state index in [-0.39, 0.29) is 0 Å². The third-order valence-corrected chi connectivity index (χ3v) is 3.43. The molecule has 1 aromatic heterocycles. The molecule has 0 bridgehead atoms. The van der Waals surface area contributed by atoms with Crippen LogP contribution in [0.5, 0.6) is 0 Å². The fraction of sp³-hybridized carbons (Fsp3) is 0.158. The molecule has 23 heavy (non-hydrogen) atoms. The van der Waals surface area contributed by atoms with Gasteiger partial charge >= 0.3 is 0 Å². The predicted octanol–water partition coefficient (Wildman–Crippen LogP) is 4.77. The van der Waals surface area contributed by atoms with Gasteiger partial charge in [0.2, 0.25) is 5.95 Å². The molecule has 4 nitrogen and oxygen atoms in total. The highest BCUT2D eigenvalue weighted by molar-refractivity contribution is 5.72. The Bertz CT molecular complexity index is 689. The fourth-order valence-corrected chi connectivity index (χ4v) is 2.34. The molecule has 1 N–H and O–H groups in total. The molecule has 0 amide bonds. The largest absolute Gasteiger partial charge is 0.370 e. The quantitative estimate of drug-likeness (QED) is 0.712. The van der Waals surface area contributed by atoms with Gasteiger partial charge in [-0.3, -0.25) is 4.90 Å². The van der Waals surface area contributed by atoms with Crippen LogP contribution >= 0.6 is 0 Å². The van der Waals surface area contributed by atoms with Crippen LogP contribution in [0.15, 0.2) is 72.9 Å². The highest BCUT2D eigenvalue weighted by Crippen LogP contribution is 2.31. The van der Waals surface area contributed by atoms with E-state index in [0.29, 0.717) is 5.95 Å². The van der Waals surface area contributed by atoms with Crippen LogP contribution in [-0.4, -0.2) is 16.5 Å². The standard InChI is InChI=1S/C19H20N4/c1-2-14-20-18-13-15-21-19(22-18)23(16-9-5-3-6-10-16)17-11-7-4-8-12-17/h3-13,15H,2,14H2,1H3,(H,20,21,22). The first-order valence-electron chi connectivity index (χ1n) is 7.85. The van der Waals surface area contributed by atoms with Crippen LogP contribution in [0.2, 0.25) is 0 Å². The van der Waals surface area contributed by atoms with Crippen molar-refractivity contribution in [2.75, 3.05) is 16.8 Å². The summed E-state index contributed by atoms with van der Waals surface area (Å²) < 4.78 is 0. The monoisotopic (exact) mass is 304 g/mol. The highest BCUT2D eigenvalue weighted by atomic mass is 15.3. The molecule has 116 valence electrons. The average Bonchev–Trinajstić information content (AvgIpc) is 2.62. The molecular formula is C19H20N4. The number of rotatable bonds is 6. The number of benzene rings is 2. The van der Waals surface area contributed by atoms with Crippen molar-refractivity contribution in [3.8, 4) is 0 Å². The van der Waals surface area contributed by atoms with Gasteiger partial charge in [-0.15, -0.1) is 0 Å². The first-order valence-corrected chi connectivity index (χ1v) is 7.85. The van der Waals surface area contributed by atoms with Crippen molar-refractivity contribution in [3.63, 3.8) is 0 Å². The lowest BCUT2D eigenvalue weighted by atomic mass is 10.2. The van der Waals surface area contributed by atoms with Crippen LogP contribution in [0.25, 0.3) is 0 Å². The summed E-state index contributed by atoms with van der Waals surface area (Å²) in [6.07, 6.45) is 2.85. The second kappa shape index (κ2) is 7.40. The van der Waals surface area contributed by atoms with Gasteiger partial charge in [-0.2, -0.15) is 4.98 Å². The van der Waals surface area contributed by atoms with Crippen molar-refractivity contribution in [2.45, 2.75) is 13.3 Å². The number of hydrogen-bond donors (Lipinski definition) is 1. The average molecular weight is 304 g/mol. The van der Waals surface area contributed by atoms with Crippen molar-refractivity contribution < 1.29 is 0 Å². The molecule has 0 aliphatic heterocycles. The summed E-state index contributed by atoms with van der Waals surface area (Å²) >= 11 is 0. The summed E-state index contributed by atoms with van der Waals surface area (Å²) in [5, 5.41) is 3.31. The Morgan fingerprint density at radius 1 is 0.870 bits per heavy atom. The summed E-state index contributed by atoms with van der Waals surface area (Å²) in [7, 11) is 0. The van der Waals surface area contributed by atoms with Gasteiger partial charge in [0.25, 0.3) is 0 Å². The lowest BCUT2D eigenvalue weighted by molar-refractivity contribution is 0.961. The number of anilines is 4. The van der Waals surface area contributed by atoms with Gasteiger partial charge in [0, 0.05) is 24.1 Å². The van der Waals surface area contributed by atoms with Crippen LogP contribution in [0, 0.1) is 0 Å². The molecule has 0 unspecified atom stereocenters. The molecule has 0 aliphatic carbocycles. The smallest absolute Gasteiger partial charge is 0.236 e. The van der Waals surface area contributed by atoms with Crippen molar-refractivity contribution in [3.05, 3.63) is 72.9 Å². The Morgan fingerprint density at radius 2 is 1.48 bits per heavy atom. The number of para-hydroxylation sites is 2. The molecule has 0 spiro atoms. The van der Waals surface area contributed by atoms with Crippen LogP contribution < -0.4 is 10.2 Å². The van der Waals surface area contributed by atoms with Gasteiger partial charge in [-0.25, -0.2) is 4.98 Å². The molecule has 0 fully saturated rings. The number of nitrogens with one attached hydrogen (secondary N) is 1. The molecule has 3 rings (SSSR count). The van der Waals surface area contributed by atoms with Gasteiger partial charge in [0.15, 0.2) is 0 Å². The van der Waals surface area contributed by atoms with Gasteiger partial charge in [0.05, 0.1) is 0 Å². The Hall–Kier alpha value is -2.88. The van der Waals surface area contributed by atoms with Crippen molar-refractivity contribution in [2.24, 2.45) is 0 Å². The van der Waals surface area contributed by atoms with Crippen LogP contribution in [0.3, 0.4) is 0 Å². The van der Waals surface area contributed by atoms with E-state index in [4.69, 9.17) is 0 Å². The molecule has 0 radical (unpaired) electrons. The molecule has 2 aromatic carbocycles.